The molecule has 1 amide bonds. The molecule has 8 nitrogen and oxygen atoms in total. The molecule has 4 N–H and O–H groups in total. The number of aromatic nitrogens is 2. The molecule has 36 heavy (non-hydrogen) atoms. The normalized spacial score (nSPS) is 24.1. The largest absolute Gasteiger partial charge is 0.338 e. The van der Waals surface area contributed by atoms with E-state index < -0.39 is 5.82 Å². The first-order chi connectivity index (χ1) is 17.5. The molecule has 1 aliphatic carbocycles. The van der Waals surface area contributed by atoms with Crippen molar-refractivity contribution in [3.8, 4) is 0 Å². The molecule has 3 atom stereocenters. The van der Waals surface area contributed by atoms with Gasteiger partial charge in [0, 0.05) is 54.4 Å². The lowest BCUT2D eigenvalue weighted by atomic mass is 9.94. The van der Waals surface area contributed by atoms with Crippen molar-refractivity contribution in [2.45, 2.75) is 24.9 Å². The van der Waals surface area contributed by atoms with Gasteiger partial charge < -0.3 is 21.3 Å². The van der Waals surface area contributed by atoms with E-state index in [0.717, 1.165) is 43.0 Å². The highest BCUT2D eigenvalue weighted by Crippen LogP contribution is 2.59. The first-order valence-corrected chi connectivity index (χ1v) is 12.2. The Labute approximate surface area is 209 Å². The van der Waals surface area contributed by atoms with E-state index in [1.54, 1.807) is 12.1 Å². The maximum Gasteiger partial charge on any atom is 0.248 e. The highest BCUT2D eigenvalue weighted by Gasteiger charge is 2.71. The van der Waals surface area contributed by atoms with Crippen molar-refractivity contribution in [1.29, 1.82) is 0 Å². The monoisotopic (exact) mass is 485 g/mol. The number of aryl methyl sites for hydroxylation is 1. The smallest absolute Gasteiger partial charge is 0.248 e. The predicted octanol–water partition coefficient (Wildman–Crippen LogP) is 3.95. The van der Waals surface area contributed by atoms with Crippen LogP contribution < -0.4 is 21.3 Å². The van der Waals surface area contributed by atoms with Gasteiger partial charge in [0.05, 0.1) is 6.20 Å². The molecule has 6 rings (SSSR count). The van der Waals surface area contributed by atoms with E-state index in [0.29, 0.717) is 23.0 Å². The van der Waals surface area contributed by atoms with Gasteiger partial charge in [0.15, 0.2) is 11.6 Å². The molecule has 3 fully saturated rings. The number of anilines is 5. The Hall–Kier alpha value is -3.82. The van der Waals surface area contributed by atoms with Crippen LogP contribution in [0.4, 0.5) is 33.2 Å². The summed E-state index contributed by atoms with van der Waals surface area (Å²) in [6, 6.07) is 15.5. The summed E-state index contributed by atoms with van der Waals surface area (Å²) in [5, 5.41) is 12.5. The maximum atomic E-state index is 14.3. The molecule has 3 heterocycles. The van der Waals surface area contributed by atoms with Crippen molar-refractivity contribution >= 4 is 34.7 Å². The molecule has 3 aliphatic rings. The molecule has 2 aliphatic heterocycles. The van der Waals surface area contributed by atoms with Crippen molar-refractivity contribution in [3.63, 3.8) is 0 Å². The number of halogens is 1. The zero-order valence-electron chi connectivity index (χ0n) is 20.0. The van der Waals surface area contributed by atoms with Crippen LogP contribution in [-0.2, 0) is 4.79 Å². The fraction of sp³-hybridized carbons (Fsp3) is 0.296. The number of carbonyl (C=O) groups excluding carboxylic acids is 1. The van der Waals surface area contributed by atoms with E-state index in [1.165, 1.54) is 6.42 Å². The SMILES string of the molecule is Cc1cccc(Nc2nc(Nc3cccc(NC(=O)/C=C/CN4CC5NCC6CC654)c3)ncc2F)c1. The van der Waals surface area contributed by atoms with E-state index in [1.807, 2.05) is 55.5 Å². The average molecular weight is 486 g/mol. The van der Waals surface area contributed by atoms with E-state index in [2.05, 4.69) is 36.1 Å². The minimum absolute atomic E-state index is 0.0756. The summed E-state index contributed by atoms with van der Waals surface area (Å²) >= 11 is 0. The Morgan fingerprint density at radius 3 is 2.81 bits per heavy atom. The summed E-state index contributed by atoms with van der Waals surface area (Å²) < 4.78 is 14.3. The minimum Gasteiger partial charge on any atom is -0.338 e. The second-order valence-corrected chi connectivity index (χ2v) is 9.74. The van der Waals surface area contributed by atoms with Crippen LogP contribution in [0, 0.1) is 18.7 Å². The third kappa shape index (κ3) is 4.31. The molecule has 1 spiro atoms. The average Bonchev–Trinajstić information content (AvgIpc) is 3.54. The van der Waals surface area contributed by atoms with Gasteiger partial charge in [-0.1, -0.05) is 24.3 Å². The molecule has 3 unspecified atom stereocenters. The van der Waals surface area contributed by atoms with Crippen molar-refractivity contribution in [1.82, 2.24) is 20.2 Å². The standard InChI is InChI=1S/C27H28FN7O/c1-17-5-2-6-19(11-17)32-25-22(28)15-30-26(34-25)33-21-8-3-7-20(12-21)31-24(36)9-4-10-35-16-23-27(35)13-18(27)14-29-23/h2-9,11-12,15,18,23,29H,10,13-14,16H2,1H3,(H,31,36)(H2,30,32,33,34)/b9-4+. The Morgan fingerprint density at radius 1 is 1.19 bits per heavy atom. The number of benzene rings is 2. The molecule has 0 bridgehead atoms. The van der Waals surface area contributed by atoms with Gasteiger partial charge in [-0.3, -0.25) is 9.69 Å². The maximum absolute atomic E-state index is 14.3. The van der Waals surface area contributed by atoms with Gasteiger partial charge in [0.1, 0.15) is 0 Å². The zero-order chi connectivity index (χ0) is 24.7. The van der Waals surface area contributed by atoms with Crippen molar-refractivity contribution in [3.05, 3.63) is 78.3 Å². The number of carbonyl (C=O) groups is 1. The highest BCUT2D eigenvalue weighted by molar-refractivity contribution is 5.99. The van der Waals surface area contributed by atoms with Gasteiger partial charge in [-0.2, -0.15) is 4.98 Å². The molecule has 0 radical (unpaired) electrons. The fourth-order valence-corrected chi connectivity index (χ4v) is 5.47. The Kier molecular flexibility index (Phi) is 5.66. The van der Waals surface area contributed by atoms with Crippen LogP contribution >= 0.6 is 0 Å². The molecular formula is C27H28FN7O. The number of likely N-dealkylation sites (tertiary alicyclic amines) is 1. The Balaban J connectivity index is 1.06. The van der Waals surface area contributed by atoms with Crippen LogP contribution in [0.15, 0.2) is 66.9 Å². The van der Waals surface area contributed by atoms with Gasteiger partial charge in [-0.05, 0) is 55.2 Å². The molecule has 2 aromatic carbocycles. The third-order valence-electron chi connectivity index (χ3n) is 7.33. The second kappa shape index (κ2) is 9.00. The topological polar surface area (TPSA) is 94.2 Å². The first kappa shape index (κ1) is 22.6. The quantitative estimate of drug-likeness (QED) is 0.359. The lowest BCUT2D eigenvalue weighted by Gasteiger charge is -2.47. The summed E-state index contributed by atoms with van der Waals surface area (Å²) in [5.41, 5.74) is 3.47. The van der Waals surface area contributed by atoms with E-state index >= 15 is 0 Å². The molecule has 3 aromatic rings. The van der Waals surface area contributed by atoms with Gasteiger partial charge in [-0.25, -0.2) is 9.37 Å². The number of rotatable bonds is 8. The summed E-state index contributed by atoms with van der Waals surface area (Å²) in [7, 11) is 0. The summed E-state index contributed by atoms with van der Waals surface area (Å²) in [6.07, 6.45) is 5.93. The fourth-order valence-electron chi connectivity index (χ4n) is 5.47. The molecule has 1 aromatic heterocycles. The van der Waals surface area contributed by atoms with Crippen LogP contribution in [0.5, 0.6) is 0 Å². The van der Waals surface area contributed by atoms with Crippen LogP contribution in [-0.4, -0.2) is 52.0 Å². The summed E-state index contributed by atoms with van der Waals surface area (Å²) in [6.45, 7) is 4.95. The predicted molar refractivity (Wildman–Crippen MR) is 138 cm³/mol. The number of nitrogens with one attached hydrogen (secondary N) is 4. The van der Waals surface area contributed by atoms with Crippen LogP contribution in [0.25, 0.3) is 0 Å². The lowest BCUT2D eigenvalue weighted by Crippen LogP contribution is -2.65. The molecule has 184 valence electrons. The molecule has 1 saturated carbocycles. The van der Waals surface area contributed by atoms with Crippen LogP contribution in [0.1, 0.15) is 12.0 Å². The minimum atomic E-state index is -0.551. The van der Waals surface area contributed by atoms with Gasteiger partial charge >= 0.3 is 0 Å². The number of amides is 1. The molecule has 9 heteroatoms. The van der Waals surface area contributed by atoms with E-state index in [-0.39, 0.29) is 17.7 Å². The van der Waals surface area contributed by atoms with Gasteiger partial charge in [0.25, 0.3) is 0 Å². The van der Waals surface area contributed by atoms with Gasteiger partial charge in [-0.15, -0.1) is 0 Å². The molecular weight excluding hydrogens is 457 g/mol. The molecule has 2 saturated heterocycles. The van der Waals surface area contributed by atoms with E-state index in [4.69, 9.17) is 0 Å². The lowest BCUT2D eigenvalue weighted by molar-refractivity contribution is -0.111. The Morgan fingerprint density at radius 2 is 2.00 bits per heavy atom. The highest BCUT2D eigenvalue weighted by atomic mass is 19.1. The summed E-state index contributed by atoms with van der Waals surface area (Å²) in [5.74, 6) is 0.368. The summed E-state index contributed by atoms with van der Waals surface area (Å²) in [4.78, 5) is 23.2. The van der Waals surface area contributed by atoms with Crippen LogP contribution in [0.3, 0.4) is 0 Å². The first-order valence-electron chi connectivity index (χ1n) is 12.2. The van der Waals surface area contributed by atoms with Crippen LogP contribution in [0.2, 0.25) is 0 Å². The number of hydrogen-bond donors (Lipinski definition) is 4. The number of piperidine rings is 1. The van der Waals surface area contributed by atoms with E-state index in [9.17, 15) is 9.18 Å². The number of nitrogens with zero attached hydrogens (tertiary/aromatic N) is 3. The number of hydrogen-bond acceptors (Lipinski definition) is 7. The second-order valence-electron chi connectivity index (χ2n) is 9.74. The Bertz CT molecular complexity index is 1350. The third-order valence-corrected chi connectivity index (χ3v) is 7.33. The van der Waals surface area contributed by atoms with Crippen molar-refractivity contribution < 1.29 is 9.18 Å². The van der Waals surface area contributed by atoms with Crippen molar-refractivity contribution in [2.75, 3.05) is 35.6 Å². The zero-order valence-corrected chi connectivity index (χ0v) is 20.0. The van der Waals surface area contributed by atoms with Gasteiger partial charge in [0.2, 0.25) is 11.9 Å². The van der Waals surface area contributed by atoms with Crippen molar-refractivity contribution in [2.24, 2.45) is 5.92 Å².